The molecule has 1 unspecified atom stereocenters. The number of fused-ring (bicyclic) bond motifs is 2. The van der Waals surface area contributed by atoms with Crippen LogP contribution in [0.5, 0.6) is 0 Å². The monoisotopic (exact) mass is 1110 g/mol. The highest BCUT2D eigenvalue weighted by atomic mass is 79.9. The fraction of sp³-hybridized carbons (Fsp3) is 0.0217. The Morgan fingerprint density at radius 2 is 0.871 bits per heavy atom. The van der Waals surface area contributed by atoms with E-state index in [1.54, 1.807) is 114 Å². The van der Waals surface area contributed by atoms with Crippen molar-refractivity contribution in [2.75, 3.05) is 19.6 Å². The maximum Gasteiger partial charge on any atom is 0.343 e. The maximum atomic E-state index is 13.7. The number of hydrogen-bond donors (Lipinski definition) is 1. The van der Waals surface area contributed by atoms with E-state index in [2.05, 4.69) is 99.4 Å². The van der Waals surface area contributed by atoms with Gasteiger partial charge in [0, 0.05) is 33.0 Å². The van der Waals surface area contributed by atoms with Gasteiger partial charge in [-0.3, -0.25) is 19.3 Å². The average Bonchev–Trinajstić information content (AvgIpc) is 4.03. The van der Waals surface area contributed by atoms with E-state index in [0.717, 1.165) is 47.6 Å². The summed E-state index contributed by atoms with van der Waals surface area (Å²) < 4.78 is 5.56. The van der Waals surface area contributed by atoms with E-state index in [1.165, 1.54) is 21.4 Å². The molecule has 2 fully saturated rings. The number of carbonyl (C=O) groups excluding carboxylic acids is 5. The molecule has 0 bridgehead atoms. The van der Waals surface area contributed by atoms with Crippen molar-refractivity contribution in [3.63, 3.8) is 0 Å². The van der Waals surface area contributed by atoms with Gasteiger partial charge in [0.05, 0.1) is 21.9 Å². The molecule has 2 aliphatic heterocycles. The van der Waals surface area contributed by atoms with Crippen molar-refractivity contribution in [1.29, 1.82) is 0 Å². The van der Waals surface area contributed by atoms with Crippen LogP contribution in [0.4, 0.5) is 32.3 Å². The van der Waals surface area contributed by atoms with E-state index in [9.17, 15) is 29.1 Å². The minimum atomic E-state index is -2.17. The third-order valence-electron chi connectivity index (χ3n) is 9.65. The summed E-state index contributed by atoms with van der Waals surface area (Å²) in [6.07, 6.45) is 0. The third kappa shape index (κ3) is 8.43. The first-order chi connectivity index (χ1) is 29.8. The second-order valence-electron chi connectivity index (χ2n) is 13.5. The number of carbonyl (C=O) groups is 5. The molecule has 2 aromatic heterocycles. The molecule has 62 heavy (non-hydrogen) atoms. The molecule has 2 aliphatic rings. The minimum Gasteiger partial charge on any atom is -0.358 e. The Hall–Kier alpha value is -5.33. The van der Waals surface area contributed by atoms with Crippen molar-refractivity contribution in [3.8, 4) is 0 Å². The van der Waals surface area contributed by atoms with Gasteiger partial charge in [0.2, 0.25) is 0 Å². The molecular weight excluding hydrogens is 1090 g/mol. The number of benzene rings is 6. The van der Waals surface area contributed by atoms with Crippen LogP contribution in [0.1, 0.15) is 4.88 Å². The Morgan fingerprint density at radius 1 is 0.452 bits per heavy atom. The summed E-state index contributed by atoms with van der Waals surface area (Å²) in [7, 11) is 0. The first-order valence-corrected chi connectivity index (χ1v) is 23.3. The number of urea groups is 2. The molecule has 7 amide bonds. The van der Waals surface area contributed by atoms with Gasteiger partial charge in [-0.25, -0.2) is 24.3 Å². The van der Waals surface area contributed by atoms with Gasteiger partial charge in [0.1, 0.15) is 0 Å². The highest BCUT2D eigenvalue weighted by molar-refractivity contribution is 9.11. The van der Waals surface area contributed by atoms with Crippen LogP contribution in [-0.4, -0.2) is 34.9 Å². The molecule has 16 heteroatoms. The molecule has 1 atom stereocenters. The van der Waals surface area contributed by atoms with Crippen LogP contribution in [0.2, 0.25) is 0 Å². The van der Waals surface area contributed by atoms with E-state index in [4.69, 9.17) is 0 Å². The molecule has 2 saturated heterocycles. The summed E-state index contributed by atoms with van der Waals surface area (Å²) in [6.45, 7) is 0. The number of amides is 7. The Balaban J connectivity index is 0.000000147. The molecule has 10 nitrogen and oxygen atoms in total. The van der Waals surface area contributed by atoms with E-state index < -0.39 is 35.5 Å². The van der Waals surface area contributed by atoms with Gasteiger partial charge in [0.15, 0.2) is 0 Å². The van der Waals surface area contributed by atoms with Gasteiger partial charge < -0.3 is 5.11 Å². The van der Waals surface area contributed by atoms with Gasteiger partial charge in [-0.15, -0.1) is 22.7 Å². The number of nitrogens with zero attached hydrogens (tertiary/aromatic N) is 4. The molecule has 308 valence electrons. The Kier molecular flexibility index (Phi) is 12.7. The molecule has 8 aromatic rings. The van der Waals surface area contributed by atoms with Gasteiger partial charge in [0.25, 0.3) is 11.6 Å². The highest BCUT2D eigenvalue weighted by Crippen LogP contribution is 2.45. The van der Waals surface area contributed by atoms with Crippen LogP contribution in [0.3, 0.4) is 0 Å². The van der Waals surface area contributed by atoms with Crippen molar-refractivity contribution in [2.24, 2.45) is 0 Å². The molecule has 0 radical (unpaired) electrons. The Morgan fingerprint density at radius 3 is 1.34 bits per heavy atom. The number of halogens is 4. The first kappa shape index (κ1) is 43.3. The van der Waals surface area contributed by atoms with E-state index >= 15 is 0 Å². The largest absolute Gasteiger partial charge is 0.358 e. The number of anilines is 4. The predicted molar refractivity (Wildman–Crippen MR) is 260 cm³/mol. The zero-order valence-electron chi connectivity index (χ0n) is 31.7. The van der Waals surface area contributed by atoms with Crippen LogP contribution < -0.4 is 19.6 Å². The van der Waals surface area contributed by atoms with Crippen LogP contribution in [0.25, 0.3) is 20.2 Å². The first-order valence-electron chi connectivity index (χ1n) is 18.4. The average molecular weight is 1120 g/mol. The molecule has 1 N–H and O–H groups in total. The van der Waals surface area contributed by atoms with Gasteiger partial charge in [-0.2, -0.15) is 0 Å². The van der Waals surface area contributed by atoms with Crippen LogP contribution >= 0.6 is 86.4 Å². The van der Waals surface area contributed by atoms with Gasteiger partial charge in [-0.05, 0) is 137 Å². The summed E-state index contributed by atoms with van der Waals surface area (Å²) in [5.74, 6) is -2.44. The minimum absolute atomic E-state index is 0.353. The van der Waals surface area contributed by atoms with Crippen molar-refractivity contribution >= 4 is 159 Å². The second-order valence-corrected chi connectivity index (χ2v) is 19.2. The molecule has 0 aliphatic carbocycles. The Bertz CT molecular complexity index is 2870. The molecule has 6 aromatic carbocycles. The van der Waals surface area contributed by atoms with Crippen LogP contribution in [0.15, 0.2) is 181 Å². The van der Waals surface area contributed by atoms with Gasteiger partial charge in [-0.1, -0.05) is 100 Å². The molecular formula is C46H28Br4N4O6S2. The Labute approximate surface area is 396 Å². The highest BCUT2D eigenvalue weighted by Gasteiger charge is 2.60. The normalized spacial score (nSPS) is 16.2. The van der Waals surface area contributed by atoms with Crippen LogP contribution in [0, 0.1) is 0 Å². The fourth-order valence-corrected chi connectivity index (χ4v) is 9.64. The molecule has 4 heterocycles. The zero-order valence-corrected chi connectivity index (χ0v) is 39.7. The van der Waals surface area contributed by atoms with Crippen molar-refractivity contribution in [1.82, 2.24) is 0 Å². The van der Waals surface area contributed by atoms with E-state index in [0.29, 0.717) is 27.6 Å². The van der Waals surface area contributed by atoms with Crippen molar-refractivity contribution in [2.45, 2.75) is 5.72 Å². The zero-order chi connectivity index (χ0) is 43.7. The van der Waals surface area contributed by atoms with E-state index in [-0.39, 0.29) is 0 Å². The lowest BCUT2D eigenvalue weighted by Crippen LogP contribution is -2.46. The summed E-state index contributed by atoms with van der Waals surface area (Å²) in [5, 5.41) is 16.2. The predicted octanol–water partition coefficient (Wildman–Crippen LogP) is 12.9. The number of rotatable bonds is 5. The van der Waals surface area contributed by atoms with Gasteiger partial charge >= 0.3 is 23.9 Å². The summed E-state index contributed by atoms with van der Waals surface area (Å²) in [4.78, 5) is 68.3. The van der Waals surface area contributed by atoms with Crippen molar-refractivity contribution in [3.05, 3.63) is 186 Å². The van der Waals surface area contributed by atoms with E-state index in [1.807, 2.05) is 24.3 Å². The number of thiophene rings is 2. The summed E-state index contributed by atoms with van der Waals surface area (Å²) in [6, 6.07) is 45.5. The number of imide groups is 3. The second kappa shape index (κ2) is 18.2. The molecule has 0 saturated carbocycles. The maximum absolute atomic E-state index is 13.7. The quantitative estimate of drug-likeness (QED) is 0.135. The lowest BCUT2D eigenvalue weighted by molar-refractivity contribution is -0.133. The smallest absolute Gasteiger partial charge is 0.343 e. The standard InChI is InChI=1S/C23H14Br2N2O3S.C15H8Br2N2O3.C8H6S/c24-15-5-9-17(10-6-15)26-21(28)23(30,20-13-14-3-1-2-4-19(14)31-20)27(22(26)29)18-11-7-16(25)8-12-18;16-9-1-5-11(6-2-9)18-13(20)14(21)19(15(18)22)12-7-3-10(17)4-8-12;1-2-4-8-7(3-1)5-6-9-8/h1-13,30H;1-8H;1-6H. The van der Waals surface area contributed by atoms with Crippen molar-refractivity contribution < 1.29 is 29.1 Å². The number of aliphatic hydroxyl groups is 1. The van der Waals surface area contributed by atoms with Crippen LogP contribution in [-0.2, 0) is 20.1 Å². The topological polar surface area (TPSA) is 119 Å². The summed E-state index contributed by atoms with van der Waals surface area (Å²) >= 11 is 16.4. The lowest BCUT2D eigenvalue weighted by Gasteiger charge is -2.29. The fourth-order valence-electron chi connectivity index (χ4n) is 6.66. The SMILES string of the molecule is O=C1C(=O)N(c2ccc(Br)cc2)C(=O)N1c1ccc(Br)cc1.O=C1N(c2ccc(Br)cc2)C(=O)C(O)(c2cc3ccccc3s2)N1c1ccc(Br)cc1.c1ccc2sccc2c1. The lowest BCUT2D eigenvalue weighted by atomic mass is 10.1. The third-order valence-corrected chi connectivity index (χ3v) is 13.9. The molecule has 0 spiro atoms. The summed E-state index contributed by atoms with van der Waals surface area (Å²) in [5.41, 5.74) is -0.655. The number of hydrogen-bond acceptors (Lipinski definition) is 8. The molecule has 10 rings (SSSR count).